The van der Waals surface area contributed by atoms with Crippen LogP contribution >= 0.6 is 28.3 Å². The van der Waals surface area contributed by atoms with Crippen molar-refractivity contribution in [3.05, 3.63) is 33.8 Å². The van der Waals surface area contributed by atoms with Crippen molar-refractivity contribution >= 4 is 34.2 Å². The minimum Gasteiger partial charge on any atom is -0.349 e. The Labute approximate surface area is 129 Å². The maximum Gasteiger partial charge on any atom is 0.252 e. The van der Waals surface area contributed by atoms with Gasteiger partial charge in [-0.3, -0.25) is 4.79 Å². The Balaban J connectivity index is 0.00000180. The van der Waals surface area contributed by atoms with Gasteiger partial charge in [-0.1, -0.05) is 13.0 Å². The Kier molecular flexibility index (Phi) is 6.30. The molecule has 1 heterocycles. The van der Waals surface area contributed by atoms with Gasteiger partial charge in [0.1, 0.15) is 0 Å². The second kappa shape index (κ2) is 7.27. The van der Waals surface area contributed by atoms with Crippen molar-refractivity contribution in [2.45, 2.75) is 26.3 Å². The van der Waals surface area contributed by atoms with Crippen molar-refractivity contribution < 1.29 is 4.79 Å². The first-order chi connectivity index (χ1) is 8.58. The van der Waals surface area contributed by atoms with E-state index < -0.39 is 0 Å². The summed E-state index contributed by atoms with van der Waals surface area (Å²) in [4.78, 5) is 12.2. The van der Waals surface area contributed by atoms with Crippen LogP contribution < -0.4 is 10.6 Å². The van der Waals surface area contributed by atoms with Crippen LogP contribution in [-0.2, 0) is 0 Å². The van der Waals surface area contributed by atoms with E-state index in [9.17, 15) is 4.79 Å². The van der Waals surface area contributed by atoms with Crippen molar-refractivity contribution in [3.63, 3.8) is 0 Å². The van der Waals surface area contributed by atoms with E-state index in [1.165, 1.54) is 0 Å². The molecule has 1 saturated heterocycles. The average Bonchev–Trinajstić information content (AvgIpc) is 2.32. The van der Waals surface area contributed by atoms with Crippen LogP contribution in [0.5, 0.6) is 0 Å². The molecule has 2 atom stereocenters. The first kappa shape index (κ1) is 16.5. The van der Waals surface area contributed by atoms with Crippen molar-refractivity contribution in [1.29, 1.82) is 0 Å². The molecule has 1 amide bonds. The second-order valence-corrected chi connectivity index (χ2v) is 5.89. The molecule has 0 saturated carbocycles. The highest BCUT2D eigenvalue weighted by atomic mass is 79.9. The molecule has 2 N–H and O–H groups in total. The number of carbonyl (C=O) groups is 1. The van der Waals surface area contributed by atoms with Gasteiger partial charge in [0.05, 0.1) is 5.56 Å². The number of hydrogen-bond acceptors (Lipinski definition) is 2. The Morgan fingerprint density at radius 2 is 2.21 bits per heavy atom. The third kappa shape index (κ3) is 4.20. The summed E-state index contributed by atoms with van der Waals surface area (Å²) in [6, 6.07) is 6.08. The smallest absolute Gasteiger partial charge is 0.252 e. The van der Waals surface area contributed by atoms with Gasteiger partial charge in [0.15, 0.2) is 0 Å². The van der Waals surface area contributed by atoms with Crippen LogP contribution in [0.1, 0.15) is 29.3 Å². The third-order valence-electron chi connectivity index (χ3n) is 3.47. The zero-order valence-electron chi connectivity index (χ0n) is 11.2. The van der Waals surface area contributed by atoms with Crippen molar-refractivity contribution in [1.82, 2.24) is 10.6 Å². The molecular weight excluding hydrogens is 328 g/mol. The molecular formula is C14H20BrClN2O. The van der Waals surface area contributed by atoms with E-state index in [0.717, 1.165) is 29.5 Å². The predicted molar refractivity (Wildman–Crippen MR) is 84.0 cm³/mol. The average molecular weight is 348 g/mol. The normalized spacial score (nSPS) is 22.5. The fourth-order valence-corrected chi connectivity index (χ4v) is 2.95. The largest absolute Gasteiger partial charge is 0.349 e. The highest BCUT2D eigenvalue weighted by Gasteiger charge is 2.23. The lowest BCUT2D eigenvalue weighted by Crippen LogP contribution is -2.48. The van der Waals surface area contributed by atoms with Crippen molar-refractivity contribution in [3.8, 4) is 0 Å². The van der Waals surface area contributed by atoms with Crippen LogP contribution in [0.15, 0.2) is 22.7 Å². The number of amides is 1. The number of halogens is 2. The van der Waals surface area contributed by atoms with Gasteiger partial charge in [-0.05, 0) is 66.0 Å². The molecule has 1 aliphatic heterocycles. The van der Waals surface area contributed by atoms with E-state index >= 15 is 0 Å². The molecule has 0 aliphatic carbocycles. The Morgan fingerprint density at radius 3 is 2.84 bits per heavy atom. The first-order valence-electron chi connectivity index (χ1n) is 6.35. The Bertz CT molecular complexity index is 453. The lowest BCUT2D eigenvalue weighted by Gasteiger charge is -2.30. The molecule has 0 radical (unpaired) electrons. The number of hydrogen-bond donors (Lipinski definition) is 2. The number of rotatable bonds is 2. The van der Waals surface area contributed by atoms with E-state index in [4.69, 9.17) is 0 Å². The quantitative estimate of drug-likeness (QED) is 0.863. The first-order valence-corrected chi connectivity index (χ1v) is 7.15. The van der Waals surface area contributed by atoms with Gasteiger partial charge in [0.2, 0.25) is 0 Å². The summed E-state index contributed by atoms with van der Waals surface area (Å²) in [5.74, 6) is 0.493. The van der Waals surface area contributed by atoms with Crippen molar-refractivity contribution in [2.75, 3.05) is 13.1 Å². The van der Waals surface area contributed by atoms with Gasteiger partial charge in [-0.15, -0.1) is 12.4 Å². The van der Waals surface area contributed by atoms with Crippen molar-refractivity contribution in [2.24, 2.45) is 5.92 Å². The predicted octanol–water partition coefficient (Wildman–Crippen LogP) is 2.91. The summed E-state index contributed by atoms with van der Waals surface area (Å²) in [7, 11) is 0. The summed E-state index contributed by atoms with van der Waals surface area (Å²) >= 11 is 3.45. The fraction of sp³-hybridized carbons (Fsp3) is 0.500. The zero-order valence-corrected chi connectivity index (χ0v) is 13.6. The molecule has 2 rings (SSSR count). The summed E-state index contributed by atoms with van der Waals surface area (Å²) in [5.41, 5.74) is 1.86. The van der Waals surface area contributed by atoms with Gasteiger partial charge >= 0.3 is 0 Å². The molecule has 1 aromatic carbocycles. The standard InChI is InChI=1S/C14H19BrN2O.ClH/c1-9-3-4-11(12(15)7-9)14(18)17-13-5-6-16-8-10(13)2;/h3-4,7,10,13,16H,5-6,8H2,1-2H3,(H,17,18);1H. The summed E-state index contributed by atoms with van der Waals surface area (Å²) in [6.07, 6.45) is 0.996. The number of aryl methyl sites for hydroxylation is 1. The van der Waals surface area contributed by atoms with E-state index in [0.29, 0.717) is 11.5 Å². The summed E-state index contributed by atoms with van der Waals surface area (Å²) in [6.45, 7) is 6.13. The number of piperidine rings is 1. The van der Waals surface area contributed by atoms with Gasteiger partial charge in [0, 0.05) is 10.5 Å². The van der Waals surface area contributed by atoms with Gasteiger partial charge < -0.3 is 10.6 Å². The highest BCUT2D eigenvalue weighted by Crippen LogP contribution is 2.19. The maximum absolute atomic E-state index is 12.2. The molecule has 2 unspecified atom stereocenters. The molecule has 0 aromatic heterocycles. The Hall–Kier alpha value is -0.580. The molecule has 19 heavy (non-hydrogen) atoms. The highest BCUT2D eigenvalue weighted by molar-refractivity contribution is 9.10. The molecule has 1 aromatic rings. The van der Waals surface area contributed by atoms with E-state index in [-0.39, 0.29) is 24.4 Å². The number of nitrogens with one attached hydrogen (secondary N) is 2. The molecule has 1 fully saturated rings. The van der Waals surface area contributed by atoms with Crippen LogP contribution in [-0.4, -0.2) is 25.0 Å². The lowest BCUT2D eigenvalue weighted by atomic mass is 9.95. The van der Waals surface area contributed by atoms with Crippen LogP contribution in [0.4, 0.5) is 0 Å². The SMILES string of the molecule is Cc1ccc(C(=O)NC2CCNCC2C)c(Br)c1.Cl. The molecule has 1 aliphatic rings. The maximum atomic E-state index is 12.2. The van der Waals surface area contributed by atoms with E-state index in [1.54, 1.807) is 0 Å². The summed E-state index contributed by atoms with van der Waals surface area (Å²) < 4.78 is 0.863. The summed E-state index contributed by atoms with van der Waals surface area (Å²) in [5, 5.41) is 6.47. The van der Waals surface area contributed by atoms with Gasteiger partial charge in [0.25, 0.3) is 5.91 Å². The zero-order chi connectivity index (χ0) is 13.1. The fourth-order valence-electron chi connectivity index (χ4n) is 2.28. The van der Waals surface area contributed by atoms with Gasteiger partial charge in [-0.2, -0.15) is 0 Å². The Morgan fingerprint density at radius 1 is 1.47 bits per heavy atom. The minimum atomic E-state index is 0. The van der Waals surface area contributed by atoms with Gasteiger partial charge in [-0.25, -0.2) is 0 Å². The molecule has 0 spiro atoms. The molecule has 0 bridgehead atoms. The number of benzene rings is 1. The van der Waals surface area contributed by atoms with Crippen LogP contribution in [0.25, 0.3) is 0 Å². The molecule has 3 nitrogen and oxygen atoms in total. The second-order valence-electron chi connectivity index (χ2n) is 5.03. The van der Waals surface area contributed by atoms with Crippen LogP contribution in [0.3, 0.4) is 0 Å². The topological polar surface area (TPSA) is 41.1 Å². The van der Waals surface area contributed by atoms with Crippen LogP contribution in [0, 0.1) is 12.8 Å². The number of carbonyl (C=O) groups excluding carboxylic acids is 1. The minimum absolute atomic E-state index is 0. The molecule has 106 valence electrons. The van der Waals surface area contributed by atoms with E-state index in [1.807, 2.05) is 25.1 Å². The molecule has 5 heteroatoms. The third-order valence-corrected chi connectivity index (χ3v) is 4.13. The monoisotopic (exact) mass is 346 g/mol. The van der Waals surface area contributed by atoms with Crippen LogP contribution in [0.2, 0.25) is 0 Å². The van der Waals surface area contributed by atoms with E-state index in [2.05, 4.69) is 33.5 Å². The lowest BCUT2D eigenvalue weighted by molar-refractivity contribution is 0.0913.